The van der Waals surface area contributed by atoms with E-state index in [4.69, 9.17) is 0 Å². The average molecular weight is 320 g/mol. The summed E-state index contributed by atoms with van der Waals surface area (Å²) in [5.41, 5.74) is 4.59. The first-order valence-corrected chi connectivity index (χ1v) is 8.38. The number of H-pyrrole nitrogens is 1. The molecule has 1 aromatic heterocycles. The van der Waals surface area contributed by atoms with Crippen LogP contribution in [0, 0.1) is 0 Å². The maximum absolute atomic E-state index is 12.2. The van der Waals surface area contributed by atoms with Crippen LogP contribution in [0.3, 0.4) is 0 Å². The number of carbonyl (C=O) groups is 1. The second-order valence-corrected chi connectivity index (χ2v) is 7.27. The molecule has 3 aromatic rings. The molecule has 1 heterocycles. The van der Waals surface area contributed by atoms with Crippen molar-refractivity contribution in [1.82, 2.24) is 4.98 Å². The van der Waals surface area contributed by atoms with Crippen molar-refractivity contribution in [2.75, 3.05) is 5.32 Å². The molecule has 1 amide bonds. The number of hydrogen-bond donors (Lipinski definition) is 2. The SMILES string of the molecule is CC(C)(C)c1ccc(CCC(=O)Nc2ccc3[nH]ccc3c2)cc1. The topological polar surface area (TPSA) is 44.9 Å². The third kappa shape index (κ3) is 3.85. The Kier molecular flexibility index (Phi) is 4.43. The molecule has 0 unspecified atom stereocenters. The first kappa shape index (κ1) is 16.3. The van der Waals surface area contributed by atoms with E-state index < -0.39 is 0 Å². The van der Waals surface area contributed by atoms with Gasteiger partial charge in [0, 0.05) is 29.2 Å². The number of hydrogen-bond acceptors (Lipinski definition) is 1. The quantitative estimate of drug-likeness (QED) is 0.695. The Morgan fingerprint density at radius 2 is 1.79 bits per heavy atom. The van der Waals surface area contributed by atoms with E-state index in [2.05, 4.69) is 55.3 Å². The van der Waals surface area contributed by atoms with Gasteiger partial charge in [-0.3, -0.25) is 4.79 Å². The maximum Gasteiger partial charge on any atom is 0.224 e. The average Bonchev–Trinajstić information content (AvgIpc) is 3.00. The van der Waals surface area contributed by atoms with Crippen LogP contribution in [0.1, 0.15) is 38.3 Å². The lowest BCUT2D eigenvalue weighted by atomic mass is 9.86. The predicted molar refractivity (Wildman–Crippen MR) is 100 cm³/mol. The Morgan fingerprint density at radius 1 is 1.04 bits per heavy atom. The monoisotopic (exact) mass is 320 g/mol. The summed E-state index contributed by atoms with van der Waals surface area (Å²) in [5.74, 6) is 0.0461. The van der Waals surface area contributed by atoms with Gasteiger partial charge in [-0.25, -0.2) is 0 Å². The summed E-state index contributed by atoms with van der Waals surface area (Å²) in [6.07, 6.45) is 3.14. The summed E-state index contributed by atoms with van der Waals surface area (Å²) in [4.78, 5) is 15.3. The normalized spacial score (nSPS) is 11.6. The lowest BCUT2D eigenvalue weighted by Crippen LogP contribution is -2.13. The zero-order valence-electron chi connectivity index (χ0n) is 14.5. The van der Waals surface area contributed by atoms with Crippen LogP contribution < -0.4 is 5.32 Å². The Labute approximate surface area is 143 Å². The van der Waals surface area contributed by atoms with Crippen molar-refractivity contribution in [2.45, 2.75) is 39.0 Å². The molecule has 0 atom stereocenters. The highest BCUT2D eigenvalue weighted by atomic mass is 16.1. The number of aryl methyl sites for hydroxylation is 1. The molecule has 0 saturated carbocycles. The van der Waals surface area contributed by atoms with Gasteiger partial charge in [0.15, 0.2) is 0 Å². The van der Waals surface area contributed by atoms with Crippen LogP contribution >= 0.6 is 0 Å². The smallest absolute Gasteiger partial charge is 0.224 e. The molecule has 3 heteroatoms. The summed E-state index contributed by atoms with van der Waals surface area (Å²) in [6, 6.07) is 16.5. The van der Waals surface area contributed by atoms with E-state index >= 15 is 0 Å². The standard InChI is InChI=1S/C21H24N2O/c1-21(2,3)17-7-4-15(5-8-17)6-11-20(24)23-18-9-10-19-16(14-18)12-13-22-19/h4-5,7-10,12-14,22H,6,11H2,1-3H3,(H,23,24). The number of nitrogens with one attached hydrogen (secondary N) is 2. The molecule has 24 heavy (non-hydrogen) atoms. The molecule has 2 aromatic carbocycles. The van der Waals surface area contributed by atoms with Crippen molar-refractivity contribution in [3.05, 3.63) is 65.9 Å². The number of rotatable bonds is 4. The van der Waals surface area contributed by atoms with Gasteiger partial charge >= 0.3 is 0 Å². The summed E-state index contributed by atoms with van der Waals surface area (Å²) in [5, 5.41) is 4.08. The zero-order valence-corrected chi connectivity index (χ0v) is 14.5. The zero-order chi connectivity index (χ0) is 17.2. The van der Waals surface area contributed by atoms with Crippen molar-refractivity contribution in [1.29, 1.82) is 0 Å². The molecule has 0 aliphatic carbocycles. The maximum atomic E-state index is 12.2. The third-order valence-electron chi connectivity index (χ3n) is 4.30. The lowest BCUT2D eigenvalue weighted by Gasteiger charge is -2.19. The Bertz CT molecular complexity index is 838. The largest absolute Gasteiger partial charge is 0.361 e. The Morgan fingerprint density at radius 3 is 2.50 bits per heavy atom. The minimum atomic E-state index is 0.0461. The molecular weight excluding hydrogens is 296 g/mol. The van der Waals surface area contributed by atoms with Gasteiger partial charge in [-0.05, 0) is 47.2 Å². The van der Waals surface area contributed by atoms with E-state index in [0.717, 1.165) is 23.0 Å². The number of aromatic nitrogens is 1. The number of aromatic amines is 1. The van der Waals surface area contributed by atoms with Crippen molar-refractivity contribution in [3.63, 3.8) is 0 Å². The number of benzene rings is 2. The van der Waals surface area contributed by atoms with Gasteiger partial charge < -0.3 is 10.3 Å². The van der Waals surface area contributed by atoms with E-state index in [1.54, 1.807) is 0 Å². The second-order valence-electron chi connectivity index (χ2n) is 7.27. The van der Waals surface area contributed by atoms with Crippen LogP contribution in [-0.2, 0) is 16.6 Å². The van der Waals surface area contributed by atoms with Gasteiger partial charge in [0.2, 0.25) is 5.91 Å². The van der Waals surface area contributed by atoms with Gasteiger partial charge in [-0.15, -0.1) is 0 Å². The fourth-order valence-electron chi connectivity index (χ4n) is 2.78. The molecule has 2 N–H and O–H groups in total. The minimum absolute atomic E-state index is 0.0461. The van der Waals surface area contributed by atoms with Crippen LogP contribution in [0.15, 0.2) is 54.7 Å². The predicted octanol–water partition coefficient (Wildman–Crippen LogP) is 5.04. The Hall–Kier alpha value is -2.55. The van der Waals surface area contributed by atoms with E-state index in [-0.39, 0.29) is 11.3 Å². The highest BCUT2D eigenvalue weighted by Crippen LogP contribution is 2.22. The minimum Gasteiger partial charge on any atom is -0.361 e. The Balaban J connectivity index is 1.57. The van der Waals surface area contributed by atoms with Gasteiger partial charge in [-0.1, -0.05) is 45.0 Å². The summed E-state index contributed by atoms with van der Waals surface area (Å²) < 4.78 is 0. The van der Waals surface area contributed by atoms with Crippen LogP contribution in [0.4, 0.5) is 5.69 Å². The fourth-order valence-corrected chi connectivity index (χ4v) is 2.78. The summed E-state index contributed by atoms with van der Waals surface area (Å²) in [7, 11) is 0. The molecular formula is C21H24N2O. The third-order valence-corrected chi connectivity index (χ3v) is 4.30. The van der Waals surface area contributed by atoms with E-state index in [0.29, 0.717) is 6.42 Å². The molecule has 3 rings (SSSR count). The molecule has 0 bridgehead atoms. The first-order valence-electron chi connectivity index (χ1n) is 8.38. The molecule has 0 radical (unpaired) electrons. The van der Waals surface area contributed by atoms with Gasteiger partial charge in [0.25, 0.3) is 0 Å². The first-order chi connectivity index (χ1) is 11.4. The van der Waals surface area contributed by atoms with Gasteiger partial charge in [0.05, 0.1) is 0 Å². The van der Waals surface area contributed by atoms with Crippen molar-refractivity contribution < 1.29 is 4.79 Å². The lowest BCUT2D eigenvalue weighted by molar-refractivity contribution is -0.116. The van der Waals surface area contributed by atoms with Gasteiger partial charge in [0.1, 0.15) is 0 Å². The number of amides is 1. The molecule has 0 spiro atoms. The van der Waals surface area contributed by atoms with Crippen LogP contribution in [0.25, 0.3) is 10.9 Å². The number of fused-ring (bicyclic) bond motifs is 1. The van der Waals surface area contributed by atoms with E-state index in [1.807, 2.05) is 30.5 Å². The van der Waals surface area contributed by atoms with Crippen LogP contribution in [0.5, 0.6) is 0 Å². The molecule has 3 nitrogen and oxygen atoms in total. The molecule has 0 fully saturated rings. The van der Waals surface area contributed by atoms with Crippen LogP contribution in [0.2, 0.25) is 0 Å². The summed E-state index contributed by atoms with van der Waals surface area (Å²) >= 11 is 0. The van der Waals surface area contributed by atoms with Gasteiger partial charge in [-0.2, -0.15) is 0 Å². The number of anilines is 1. The van der Waals surface area contributed by atoms with Crippen molar-refractivity contribution >= 4 is 22.5 Å². The van der Waals surface area contributed by atoms with Crippen molar-refractivity contribution in [2.24, 2.45) is 0 Å². The van der Waals surface area contributed by atoms with E-state index in [9.17, 15) is 4.79 Å². The summed E-state index contributed by atoms with van der Waals surface area (Å²) in [6.45, 7) is 6.62. The molecule has 0 aliphatic rings. The molecule has 0 saturated heterocycles. The second kappa shape index (κ2) is 6.52. The fraction of sp³-hybridized carbons (Fsp3) is 0.286. The molecule has 0 aliphatic heterocycles. The number of carbonyl (C=O) groups excluding carboxylic acids is 1. The molecule has 124 valence electrons. The van der Waals surface area contributed by atoms with E-state index in [1.165, 1.54) is 11.1 Å². The highest BCUT2D eigenvalue weighted by Gasteiger charge is 2.13. The highest BCUT2D eigenvalue weighted by molar-refractivity contribution is 5.93. The van der Waals surface area contributed by atoms with Crippen molar-refractivity contribution in [3.8, 4) is 0 Å². The van der Waals surface area contributed by atoms with Crippen LogP contribution in [-0.4, -0.2) is 10.9 Å².